The zero-order valence-electron chi connectivity index (χ0n) is 21.0. The molecule has 2 aliphatic heterocycles. The van der Waals surface area contributed by atoms with Crippen LogP contribution in [0, 0.1) is 11.8 Å². The average molecular weight is 472 g/mol. The van der Waals surface area contributed by atoms with E-state index in [0.717, 1.165) is 57.6 Å². The van der Waals surface area contributed by atoms with E-state index in [1.54, 1.807) is 4.90 Å². The highest BCUT2D eigenvalue weighted by Gasteiger charge is 2.34. The SMILES string of the molecule is C[C@@H]1CN([C@@H](C)CO)C(=O)c2cc(C3=CCCCC3)cnc2O[C@@H]1CN(C)CC1CCOCC1. The molecule has 0 saturated carbocycles. The molecule has 0 bridgehead atoms. The molecule has 1 fully saturated rings. The summed E-state index contributed by atoms with van der Waals surface area (Å²) in [5.74, 6) is 1.05. The smallest absolute Gasteiger partial charge is 0.259 e. The number of aliphatic hydroxyl groups is 1. The molecule has 34 heavy (non-hydrogen) atoms. The lowest BCUT2D eigenvalue weighted by atomic mass is 9.93. The van der Waals surface area contributed by atoms with Gasteiger partial charge in [0, 0.05) is 45.0 Å². The van der Waals surface area contributed by atoms with Crippen molar-refractivity contribution in [3.05, 3.63) is 29.5 Å². The maximum Gasteiger partial charge on any atom is 0.259 e. The van der Waals surface area contributed by atoms with Crippen LogP contribution in [-0.4, -0.2) is 84.4 Å². The number of likely N-dealkylation sites (N-methyl/N-ethyl adjacent to an activating group) is 1. The molecule has 1 amide bonds. The summed E-state index contributed by atoms with van der Waals surface area (Å²) in [7, 11) is 2.15. The van der Waals surface area contributed by atoms with Crippen molar-refractivity contribution in [1.29, 1.82) is 0 Å². The molecule has 7 nitrogen and oxygen atoms in total. The molecule has 3 heterocycles. The molecule has 0 unspecified atom stereocenters. The van der Waals surface area contributed by atoms with E-state index >= 15 is 0 Å². The Morgan fingerprint density at radius 3 is 2.76 bits per heavy atom. The minimum absolute atomic E-state index is 0.0682. The molecular weight excluding hydrogens is 430 g/mol. The second-order valence-corrected chi connectivity index (χ2v) is 10.5. The van der Waals surface area contributed by atoms with E-state index in [4.69, 9.17) is 9.47 Å². The van der Waals surface area contributed by atoms with Crippen LogP contribution in [0.15, 0.2) is 18.3 Å². The fourth-order valence-corrected chi connectivity index (χ4v) is 5.35. The van der Waals surface area contributed by atoms with E-state index in [1.165, 1.54) is 18.4 Å². The van der Waals surface area contributed by atoms with Gasteiger partial charge in [-0.1, -0.05) is 13.0 Å². The molecule has 1 saturated heterocycles. The summed E-state index contributed by atoms with van der Waals surface area (Å²) in [6, 6.07) is 1.69. The summed E-state index contributed by atoms with van der Waals surface area (Å²) >= 11 is 0. The first kappa shape index (κ1) is 25.1. The van der Waals surface area contributed by atoms with Crippen molar-refractivity contribution in [2.45, 2.75) is 64.5 Å². The highest BCUT2D eigenvalue weighted by atomic mass is 16.5. The van der Waals surface area contributed by atoms with Gasteiger partial charge in [-0.3, -0.25) is 4.79 Å². The van der Waals surface area contributed by atoms with Crippen molar-refractivity contribution in [2.24, 2.45) is 11.8 Å². The Balaban J connectivity index is 1.59. The standard InChI is InChI=1S/C27H41N3O4/c1-19-15-30(20(2)18-31)27(32)24-13-23(22-7-5-4-6-8-22)14-28-26(24)34-25(19)17-29(3)16-21-9-11-33-12-10-21/h7,13-14,19-21,25,31H,4-6,8-12,15-18H2,1-3H3/t19-,20+,25-/m1/s1. The Morgan fingerprint density at radius 2 is 2.06 bits per heavy atom. The van der Waals surface area contributed by atoms with Gasteiger partial charge in [0.2, 0.25) is 5.88 Å². The monoisotopic (exact) mass is 471 g/mol. The third-order valence-electron chi connectivity index (χ3n) is 7.59. The molecule has 0 radical (unpaired) electrons. The Morgan fingerprint density at radius 1 is 1.26 bits per heavy atom. The van der Waals surface area contributed by atoms with Gasteiger partial charge in [-0.15, -0.1) is 0 Å². The predicted molar refractivity (Wildman–Crippen MR) is 133 cm³/mol. The number of hydrogen-bond donors (Lipinski definition) is 1. The summed E-state index contributed by atoms with van der Waals surface area (Å²) in [5.41, 5.74) is 2.78. The fraction of sp³-hybridized carbons (Fsp3) is 0.704. The number of rotatable bonds is 7. The number of allylic oxidation sites excluding steroid dienone is 2. The molecule has 1 aromatic rings. The van der Waals surface area contributed by atoms with Gasteiger partial charge in [0.25, 0.3) is 5.91 Å². The van der Waals surface area contributed by atoms with E-state index in [9.17, 15) is 9.90 Å². The number of nitrogens with zero attached hydrogens (tertiary/aromatic N) is 3. The first-order valence-corrected chi connectivity index (χ1v) is 13.0. The van der Waals surface area contributed by atoms with Crippen LogP contribution in [0.4, 0.5) is 0 Å². The summed E-state index contributed by atoms with van der Waals surface area (Å²) in [6.45, 7) is 7.98. The first-order valence-electron chi connectivity index (χ1n) is 13.0. The molecule has 0 spiro atoms. The number of aliphatic hydroxyl groups excluding tert-OH is 1. The molecule has 3 atom stereocenters. The van der Waals surface area contributed by atoms with Gasteiger partial charge >= 0.3 is 0 Å². The second-order valence-electron chi connectivity index (χ2n) is 10.5. The molecule has 7 heteroatoms. The molecule has 1 aromatic heterocycles. The second kappa shape index (κ2) is 11.6. The van der Waals surface area contributed by atoms with E-state index in [1.807, 2.05) is 19.2 Å². The number of aromatic nitrogens is 1. The first-order chi connectivity index (χ1) is 16.5. The van der Waals surface area contributed by atoms with Gasteiger partial charge in [0.05, 0.1) is 12.6 Å². The van der Waals surface area contributed by atoms with E-state index < -0.39 is 0 Å². The van der Waals surface area contributed by atoms with E-state index in [2.05, 4.69) is 29.9 Å². The Labute approximate surface area is 204 Å². The van der Waals surface area contributed by atoms with Gasteiger partial charge in [0.15, 0.2) is 0 Å². The average Bonchev–Trinajstić information content (AvgIpc) is 2.86. The van der Waals surface area contributed by atoms with Crippen molar-refractivity contribution >= 4 is 11.5 Å². The fourth-order valence-electron chi connectivity index (χ4n) is 5.35. The third kappa shape index (κ3) is 5.99. The number of amides is 1. The summed E-state index contributed by atoms with van der Waals surface area (Å²) in [4.78, 5) is 22.4. The largest absolute Gasteiger partial charge is 0.472 e. The van der Waals surface area contributed by atoms with Crippen molar-refractivity contribution in [1.82, 2.24) is 14.8 Å². The quantitative estimate of drug-likeness (QED) is 0.655. The number of ether oxygens (including phenoxy) is 2. The maximum atomic E-state index is 13.6. The minimum atomic E-state index is -0.265. The topological polar surface area (TPSA) is 75.1 Å². The number of carbonyl (C=O) groups excluding carboxylic acids is 1. The van der Waals surface area contributed by atoms with Crippen molar-refractivity contribution in [3.8, 4) is 5.88 Å². The lowest BCUT2D eigenvalue weighted by molar-refractivity contribution is 0.0254. The molecule has 0 aromatic carbocycles. The summed E-state index contributed by atoms with van der Waals surface area (Å²) < 4.78 is 12.0. The summed E-state index contributed by atoms with van der Waals surface area (Å²) in [6.07, 6.45) is 10.7. The van der Waals surface area contributed by atoms with Crippen LogP contribution in [0.5, 0.6) is 5.88 Å². The molecular formula is C27H41N3O4. The maximum absolute atomic E-state index is 13.6. The molecule has 3 aliphatic rings. The normalized spacial score (nSPS) is 25.3. The lowest BCUT2D eigenvalue weighted by Gasteiger charge is -2.38. The molecule has 4 rings (SSSR count). The Kier molecular flexibility index (Phi) is 8.61. The van der Waals surface area contributed by atoms with E-state index in [-0.39, 0.29) is 30.6 Å². The van der Waals surface area contributed by atoms with Crippen LogP contribution in [0.3, 0.4) is 0 Å². The van der Waals surface area contributed by atoms with Crippen LogP contribution < -0.4 is 4.74 Å². The van der Waals surface area contributed by atoms with Crippen LogP contribution in [0.1, 0.15) is 68.3 Å². The van der Waals surface area contributed by atoms with Crippen LogP contribution in [0.2, 0.25) is 0 Å². The highest BCUT2D eigenvalue weighted by molar-refractivity contribution is 5.97. The minimum Gasteiger partial charge on any atom is -0.472 e. The van der Waals surface area contributed by atoms with Gasteiger partial charge in [-0.05, 0) is 75.6 Å². The summed E-state index contributed by atoms with van der Waals surface area (Å²) in [5, 5.41) is 9.88. The molecule has 1 N–H and O–H groups in total. The van der Waals surface area contributed by atoms with Gasteiger partial charge < -0.3 is 24.4 Å². The Bertz CT molecular complexity index is 867. The van der Waals surface area contributed by atoms with Crippen LogP contribution >= 0.6 is 0 Å². The third-order valence-corrected chi connectivity index (χ3v) is 7.59. The number of hydrogen-bond acceptors (Lipinski definition) is 6. The van der Waals surface area contributed by atoms with Crippen molar-refractivity contribution in [3.63, 3.8) is 0 Å². The van der Waals surface area contributed by atoms with Crippen LogP contribution in [0.25, 0.3) is 5.57 Å². The van der Waals surface area contributed by atoms with Gasteiger partial charge in [-0.25, -0.2) is 4.98 Å². The van der Waals surface area contributed by atoms with Crippen LogP contribution in [-0.2, 0) is 4.74 Å². The number of fused-ring (bicyclic) bond motifs is 1. The van der Waals surface area contributed by atoms with Crippen molar-refractivity contribution in [2.75, 3.05) is 46.5 Å². The van der Waals surface area contributed by atoms with Crippen molar-refractivity contribution < 1.29 is 19.4 Å². The zero-order valence-corrected chi connectivity index (χ0v) is 21.0. The Hall–Kier alpha value is -1.96. The lowest BCUT2D eigenvalue weighted by Crippen LogP contribution is -2.50. The molecule has 188 valence electrons. The molecule has 1 aliphatic carbocycles. The van der Waals surface area contributed by atoms with Gasteiger partial charge in [-0.2, -0.15) is 0 Å². The van der Waals surface area contributed by atoms with E-state index in [0.29, 0.717) is 23.9 Å². The zero-order chi connectivity index (χ0) is 24.1. The highest BCUT2D eigenvalue weighted by Crippen LogP contribution is 2.32. The number of carbonyl (C=O) groups is 1. The van der Waals surface area contributed by atoms with Gasteiger partial charge in [0.1, 0.15) is 11.7 Å². The predicted octanol–water partition coefficient (Wildman–Crippen LogP) is 3.62. The number of pyridine rings is 1.